The van der Waals surface area contributed by atoms with E-state index in [-0.39, 0.29) is 24.8 Å². The molecule has 0 bridgehead atoms. The molecule has 2 nitrogen and oxygen atoms in total. The minimum absolute atomic E-state index is 0. The minimum Gasteiger partial charge on any atom is -0.312 e. The topological polar surface area (TPSA) is 15.3 Å². The van der Waals surface area contributed by atoms with Gasteiger partial charge in [-0.3, -0.25) is 0 Å². The van der Waals surface area contributed by atoms with E-state index in [0.717, 1.165) is 6.54 Å². The van der Waals surface area contributed by atoms with Crippen molar-refractivity contribution >= 4 is 24.8 Å². The van der Waals surface area contributed by atoms with Gasteiger partial charge in [-0.2, -0.15) is 0 Å². The van der Waals surface area contributed by atoms with Crippen LogP contribution in [0.5, 0.6) is 0 Å². The van der Waals surface area contributed by atoms with Crippen LogP contribution in [0.4, 0.5) is 0 Å². The quantitative estimate of drug-likeness (QED) is 0.684. The van der Waals surface area contributed by atoms with Crippen molar-refractivity contribution in [2.45, 2.75) is 19.9 Å². The van der Waals surface area contributed by atoms with Crippen LogP contribution in [0.3, 0.4) is 0 Å². The van der Waals surface area contributed by atoms with Crippen LogP contribution in [0.2, 0.25) is 0 Å². The first kappa shape index (κ1) is 14.0. The summed E-state index contributed by atoms with van der Waals surface area (Å²) < 4.78 is 0. The molecule has 0 spiro atoms. The van der Waals surface area contributed by atoms with Crippen LogP contribution < -0.4 is 5.32 Å². The van der Waals surface area contributed by atoms with Gasteiger partial charge in [-0.25, -0.2) is 0 Å². The summed E-state index contributed by atoms with van der Waals surface area (Å²) in [5, 5.41) is 3.40. The van der Waals surface area contributed by atoms with Crippen molar-refractivity contribution in [2.24, 2.45) is 0 Å². The van der Waals surface area contributed by atoms with E-state index in [2.05, 4.69) is 24.1 Å². The molecule has 0 radical (unpaired) electrons. The fraction of sp³-hybridized carbons (Fsp3) is 1.00. The van der Waals surface area contributed by atoms with E-state index in [1.54, 1.807) is 0 Å². The van der Waals surface area contributed by atoms with Gasteiger partial charge < -0.3 is 10.2 Å². The first-order valence-electron chi connectivity index (χ1n) is 3.78. The Labute approximate surface area is 81.5 Å². The van der Waals surface area contributed by atoms with Gasteiger partial charge in [0, 0.05) is 25.7 Å². The van der Waals surface area contributed by atoms with Crippen LogP contribution in [0.15, 0.2) is 0 Å². The van der Waals surface area contributed by atoms with Gasteiger partial charge in [-0.05, 0) is 13.5 Å². The summed E-state index contributed by atoms with van der Waals surface area (Å²) in [6.07, 6.45) is 0. The summed E-state index contributed by atoms with van der Waals surface area (Å²) in [5.41, 5.74) is 0. The van der Waals surface area contributed by atoms with E-state index in [0.29, 0.717) is 6.04 Å². The van der Waals surface area contributed by atoms with Crippen LogP contribution in [0.25, 0.3) is 0 Å². The van der Waals surface area contributed by atoms with Gasteiger partial charge in [0.2, 0.25) is 0 Å². The molecule has 1 saturated heterocycles. The highest BCUT2D eigenvalue weighted by molar-refractivity contribution is 5.85. The lowest BCUT2D eigenvalue weighted by Crippen LogP contribution is -2.48. The zero-order valence-corrected chi connectivity index (χ0v) is 8.80. The first-order valence-corrected chi connectivity index (χ1v) is 3.78. The molecule has 1 N–H and O–H groups in total. The molecule has 1 unspecified atom stereocenters. The van der Waals surface area contributed by atoms with Crippen molar-refractivity contribution in [3.05, 3.63) is 0 Å². The van der Waals surface area contributed by atoms with Crippen molar-refractivity contribution in [1.82, 2.24) is 10.2 Å². The predicted octanol–water partition coefficient (Wildman–Crippen LogP) is 1.14. The normalized spacial score (nSPS) is 25.1. The highest BCUT2D eigenvalue weighted by Gasteiger charge is 2.12. The Morgan fingerprint density at radius 3 is 2.45 bits per heavy atom. The second-order valence-corrected chi connectivity index (χ2v) is 2.75. The van der Waals surface area contributed by atoms with Crippen molar-refractivity contribution in [2.75, 3.05) is 26.2 Å². The molecule has 0 aliphatic carbocycles. The lowest BCUT2D eigenvalue weighted by Gasteiger charge is -2.30. The number of likely N-dealkylation sites (N-methyl/N-ethyl adjacent to an activating group) is 1. The molecule has 1 fully saturated rings. The molecular formula is C7H18Cl2N2. The Hall–Kier alpha value is 0.500. The first-order chi connectivity index (χ1) is 4.33. The van der Waals surface area contributed by atoms with Gasteiger partial charge in [-0.15, -0.1) is 24.8 Å². The van der Waals surface area contributed by atoms with Gasteiger partial charge in [0.1, 0.15) is 0 Å². The third-order valence-electron chi connectivity index (χ3n) is 1.90. The van der Waals surface area contributed by atoms with Crippen molar-refractivity contribution in [3.8, 4) is 0 Å². The Bertz CT molecular complexity index is 90.5. The van der Waals surface area contributed by atoms with Crippen LogP contribution in [0.1, 0.15) is 13.8 Å². The molecule has 0 aromatic heterocycles. The van der Waals surface area contributed by atoms with Gasteiger partial charge in [0.25, 0.3) is 0 Å². The molecule has 1 aliphatic heterocycles. The van der Waals surface area contributed by atoms with Gasteiger partial charge in [-0.1, -0.05) is 6.92 Å². The van der Waals surface area contributed by atoms with E-state index in [1.807, 2.05) is 0 Å². The molecule has 70 valence electrons. The third kappa shape index (κ3) is 4.86. The fourth-order valence-electron chi connectivity index (χ4n) is 1.30. The molecule has 4 heteroatoms. The van der Waals surface area contributed by atoms with Crippen LogP contribution in [-0.2, 0) is 0 Å². The summed E-state index contributed by atoms with van der Waals surface area (Å²) in [7, 11) is 0. The zero-order chi connectivity index (χ0) is 6.69. The van der Waals surface area contributed by atoms with Gasteiger partial charge >= 0.3 is 0 Å². The molecule has 0 amide bonds. The lowest BCUT2D eigenvalue weighted by atomic mass is 10.2. The zero-order valence-electron chi connectivity index (χ0n) is 7.17. The summed E-state index contributed by atoms with van der Waals surface area (Å²) in [6, 6.07) is 0.693. The Morgan fingerprint density at radius 1 is 1.45 bits per heavy atom. The maximum Gasteiger partial charge on any atom is 0.0167 e. The summed E-state index contributed by atoms with van der Waals surface area (Å²) >= 11 is 0. The van der Waals surface area contributed by atoms with Crippen LogP contribution in [0, 0.1) is 0 Å². The molecular weight excluding hydrogens is 183 g/mol. The summed E-state index contributed by atoms with van der Waals surface area (Å²) in [4.78, 5) is 2.47. The maximum absolute atomic E-state index is 3.40. The second-order valence-electron chi connectivity index (χ2n) is 2.75. The van der Waals surface area contributed by atoms with Crippen molar-refractivity contribution in [3.63, 3.8) is 0 Å². The highest BCUT2D eigenvalue weighted by Crippen LogP contribution is 1.95. The smallest absolute Gasteiger partial charge is 0.0167 e. The summed E-state index contributed by atoms with van der Waals surface area (Å²) in [5.74, 6) is 0. The average molecular weight is 201 g/mol. The monoisotopic (exact) mass is 200 g/mol. The molecule has 0 saturated carbocycles. The number of hydrogen-bond acceptors (Lipinski definition) is 2. The molecule has 11 heavy (non-hydrogen) atoms. The minimum atomic E-state index is 0. The fourth-order valence-corrected chi connectivity index (χ4v) is 1.30. The SMILES string of the molecule is CCN1CCNC(C)C1.Cl.Cl. The van der Waals surface area contributed by atoms with E-state index in [9.17, 15) is 0 Å². The van der Waals surface area contributed by atoms with Crippen molar-refractivity contribution < 1.29 is 0 Å². The summed E-state index contributed by atoms with van der Waals surface area (Å²) in [6.45, 7) is 9.26. The maximum atomic E-state index is 3.40. The number of hydrogen-bond donors (Lipinski definition) is 1. The van der Waals surface area contributed by atoms with E-state index < -0.39 is 0 Å². The molecule has 0 aromatic carbocycles. The Kier molecular flexibility index (Phi) is 9.15. The van der Waals surface area contributed by atoms with E-state index >= 15 is 0 Å². The van der Waals surface area contributed by atoms with Gasteiger partial charge in [0.15, 0.2) is 0 Å². The van der Waals surface area contributed by atoms with Crippen LogP contribution in [-0.4, -0.2) is 37.1 Å². The molecule has 1 rings (SSSR count). The molecule has 1 heterocycles. The second kappa shape index (κ2) is 7.17. The molecule has 1 atom stereocenters. The Morgan fingerprint density at radius 2 is 2.09 bits per heavy atom. The average Bonchev–Trinajstić information content (AvgIpc) is 1.88. The largest absolute Gasteiger partial charge is 0.312 e. The highest BCUT2D eigenvalue weighted by atomic mass is 35.5. The van der Waals surface area contributed by atoms with E-state index in [4.69, 9.17) is 0 Å². The third-order valence-corrected chi connectivity index (χ3v) is 1.90. The number of piperazine rings is 1. The van der Waals surface area contributed by atoms with E-state index in [1.165, 1.54) is 19.6 Å². The number of nitrogens with zero attached hydrogens (tertiary/aromatic N) is 1. The predicted molar refractivity (Wildman–Crippen MR) is 54.1 cm³/mol. The lowest BCUT2D eigenvalue weighted by molar-refractivity contribution is 0.217. The molecule has 1 aliphatic rings. The number of nitrogens with one attached hydrogen (secondary N) is 1. The molecule has 0 aromatic rings. The number of halogens is 2. The standard InChI is InChI=1S/C7H16N2.2ClH/c1-3-9-5-4-8-7(2)6-9;;/h7-8H,3-6H2,1-2H3;2*1H. The Balaban J connectivity index is 0. The number of rotatable bonds is 1. The van der Waals surface area contributed by atoms with Crippen LogP contribution >= 0.6 is 24.8 Å². The van der Waals surface area contributed by atoms with Gasteiger partial charge in [0.05, 0.1) is 0 Å². The van der Waals surface area contributed by atoms with Crippen molar-refractivity contribution in [1.29, 1.82) is 0 Å².